The van der Waals surface area contributed by atoms with Crippen molar-refractivity contribution in [2.45, 2.75) is 5.75 Å². The molecule has 0 unspecified atom stereocenters. The smallest absolute Gasteiger partial charge is 0.313 e. The summed E-state index contributed by atoms with van der Waals surface area (Å²) in [5.74, 6) is 0.0348. The highest BCUT2D eigenvalue weighted by atomic mass is 32.2. The molecule has 3 aromatic rings. The Morgan fingerprint density at radius 1 is 1.10 bits per heavy atom. The highest BCUT2D eigenvalue weighted by molar-refractivity contribution is 7.86. The molecule has 2 aromatic carbocycles. The van der Waals surface area contributed by atoms with Gasteiger partial charge in [-0.1, -0.05) is 35.5 Å². The zero-order chi connectivity index (χ0) is 14.0. The van der Waals surface area contributed by atoms with E-state index in [9.17, 15) is 8.42 Å². The maximum Gasteiger partial charge on any atom is 0.313 e. The minimum absolute atomic E-state index is 0.178. The molecule has 1 aromatic heterocycles. The normalized spacial score (nSPS) is 11.6. The topological polar surface area (TPSA) is 69.4 Å². The Balaban J connectivity index is 1.82. The molecule has 0 radical (unpaired) electrons. The van der Waals surface area contributed by atoms with Crippen molar-refractivity contribution in [2.75, 3.05) is 0 Å². The van der Waals surface area contributed by atoms with Crippen LogP contribution in [0, 0.1) is 0 Å². The molecule has 20 heavy (non-hydrogen) atoms. The quantitative estimate of drug-likeness (QED) is 0.691. The zero-order valence-corrected chi connectivity index (χ0v) is 11.2. The van der Waals surface area contributed by atoms with Gasteiger partial charge in [-0.2, -0.15) is 8.42 Å². The summed E-state index contributed by atoms with van der Waals surface area (Å²) in [6.07, 6.45) is 1.55. The number of rotatable bonds is 4. The zero-order valence-electron chi connectivity index (χ0n) is 10.4. The van der Waals surface area contributed by atoms with Gasteiger partial charge in [-0.15, -0.1) is 0 Å². The fourth-order valence-corrected chi connectivity index (χ4v) is 2.90. The van der Waals surface area contributed by atoms with Crippen molar-refractivity contribution in [3.63, 3.8) is 0 Å². The summed E-state index contributed by atoms with van der Waals surface area (Å²) in [5, 5.41) is 4.42. The summed E-state index contributed by atoms with van der Waals surface area (Å²) < 4.78 is 34.0. The first-order chi connectivity index (χ1) is 9.62. The van der Waals surface area contributed by atoms with Crippen molar-refractivity contribution in [3.8, 4) is 5.75 Å². The SMILES string of the molecule is O=S(=O)(Cc1ccccc1)Oc1ccc2cnoc2c1. The predicted octanol–water partition coefficient (Wildman–Crippen LogP) is 2.74. The third-order valence-corrected chi connectivity index (χ3v) is 3.87. The Bertz CT molecular complexity index is 825. The third kappa shape index (κ3) is 2.80. The molecule has 0 atom stereocenters. The Morgan fingerprint density at radius 2 is 1.90 bits per heavy atom. The predicted molar refractivity (Wildman–Crippen MR) is 73.7 cm³/mol. The van der Waals surface area contributed by atoms with Crippen LogP contribution in [-0.4, -0.2) is 13.6 Å². The second-order valence-electron chi connectivity index (χ2n) is 4.30. The van der Waals surface area contributed by atoms with Gasteiger partial charge in [-0.3, -0.25) is 0 Å². The highest BCUT2D eigenvalue weighted by Gasteiger charge is 2.14. The first-order valence-electron chi connectivity index (χ1n) is 5.93. The van der Waals surface area contributed by atoms with Crippen molar-refractivity contribution in [3.05, 3.63) is 60.3 Å². The molecule has 0 spiro atoms. The van der Waals surface area contributed by atoms with Crippen LogP contribution in [0.4, 0.5) is 0 Å². The number of hydrogen-bond donors (Lipinski definition) is 0. The minimum Gasteiger partial charge on any atom is -0.382 e. The van der Waals surface area contributed by atoms with Crippen LogP contribution in [0.2, 0.25) is 0 Å². The molecule has 0 N–H and O–H groups in total. The number of nitrogens with zero attached hydrogens (tertiary/aromatic N) is 1. The Hall–Kier alpha value is -2.34. The Morgan fingerprint density at radius 3 is 2.70 bits per heavy atom. The number of benzene rings is 2. The van der Waals surface area contributed by atoms with Gasteiger partial charge >= 0.3 is 10.1 Å². The molecule has 0 aliphatic rings. The van der Waals surface area contributed by atoms with Gasteiger partial charge in [0.1, 0.15) is 11.5 Å². The van der Waals surface area contributed by atoms with Gasteiger partial charge in [0.2, 0.25) is 0 Å². The minimum atomic E-state index is -3.70. The molecule has 5 nitrogen and oxygen atoms in total. The van der Waals surface area contributed by atoms with Crippen molar-refractivity contribution < 1.29 is 17.1 Å². The molecule has 6 heteroatoms. The molecule has 0 aliphatic carbocycles. The summed E-state index contributed by atoms with van der Waals surface area (Å²) in [4.78, 5) is 0. The van der Waals surface area contributed by atoms with E-state index in [0.717, 1.165) is 5.39 Å². The van der Waals surface area contributed by atoms with Crippen LogP contribution >= 0.6 is 0 Å². The van der Waals surface area contributed by atoms with Crippen molar-refractivity contribution >= 4 is 21.1 Å². The van der Waals surface area contributed by atoms with Crippen LogP contribution in [0.1, 0.15) is 5.56 Å². The molecule has 0 fully saturated rings. The first-order valence-corrected chi connectivity index (χ1v) is 7.51. The van der Waals surface area contributed by atoms with Crippen LogP contribution in [0.15, 0.2) is 59.3 Å². The second kappa shape index (κ2) is 4.97. The van der Waals surface area contributed by atoms with Crippen molar-refractivity contribution in [1.82, 2.24) is 5.16 Å². The van der Waals surface area contributed by atoms with Gasteiger partial charge in [0.25, 0.3) is 0 Å². The lowest BCUT2D eigenvalue weighted by atomic mass is 10.2. The van der Waals surface area contributed by atoms with E-state index >= 15 is 0 Å². The molecular weight excluding hydrogens is 278 g/mol. The third-order valence-electron chi connectivity index (χ3n) is 2.74. The van der Waals surface area contributed by atoms with Gasteiger partial charge < -0.3 is 8.71 Å². The number of aromatic nitrogens is 1. The second-order valence-corrected chi connectivity index (χ2v) is 5.87. The molecule has 0 saturated carbocycles. The Labute approximate surface area is 115 Å². The van der Waals surface area contributed by atoms with Crippen LogP contribution in [0.3, 0.4) is 0 Å². The lowest BCUT2D eigenvalue weighted by Gasteiger charge is -2.06. The molecule has 1 heterocycles. The van der Waals surface area contributed by atoms with Crippen molar-refractivity contribution in [1.29, 1.82) is 0 Å². The summed E-state index contributed by atoms with van der Waals surface area (Å²) in [6.45, 7) is 0. The van der Waals surface area contributed by atoms with Gasteiger partial charge in [0.05, 0.1) is 6.20 Å². The van der Waals surface area contributed by atoms with E-state index < -0.39 is 10.1 Å². The maximum absolute atomic E-state index is 12.0. The van der Waals surface area contributed by atoms with Crippen LogP contribution in [0.25, 0.3) is 11.0 Å². The summed E-state index contributed by atoms with van der Waals surface area (Å²) in [7, 11) is -3.70. The monoisotopic (exact) mass is 289 g/mol. The largest absolute Gasteiger partial charge is 0.382 e. The van der Waals surface area contributed by atoms with Crippen LogP contribution in [0.5, 0.6) is 5.75 Å². The molecule has 0 saturated heterocycles. The summed E-state index contributed by atoms with van der Waals surface area (Å²) in [5.41, 5.74) is 1.16. The standard InChI is InChI=1S/C14H11NO4S/c16-20(17,10-11-4-2-1-3-5-11)19-13-7-6-12-9-15-18-14(12)8-13/h1-9H,10H2. The molecule has 0 amide bonds. The van der Waals surface area contributed by atoms with Crippen LogP contribution in [-0.2, 0) is 15.9 Å². The lowest BCUT2D eigenvalue weighted by molar-refractivity contribution is 0.453. The molecule has 102 valence electrons. The van der Waals surface area contributed by atoms with Gasteiger partial charge in [-0.05, 0) is 17.7 Å². The molecule has 3 rings (SSSR count). The van der Waals surface area contributed by atoms with E-state index in [1.807, 2.05) is 6.07 Å². The van der Waals surface area contributed by atoms with Crippen molar-refractivity contribution in [2.24, 2.45) is 0 Å². The number of fused-ring (bicyclic) bond motifs is 1. The molecule has 0 bridgehead atoms. The van der Waals surface area contributed by atoms with Crippen LogP contribution < -0.4 is 4.18 Å². The fraction of sp³-hybridized carbons (Fsp3) is 0.0714. The lowest BCUT2D eigenvalue weighted by Crippen LogP contribution is -2.11. The average molecular weight is 289 g/mol. The van der Waals surface area contributed by atoms with Gasteiger partial charge in [0.15, 0.2) is 5.58 Å². The highest BCUT2D eigenvalue weighted by Crippen LogP contribution is 2.22. The molecule has 0 aliphatic heterocycles. The Kier molecular flexibility index (Phi) is 3.15. The number of hydrogen-bond acceptors (Lipinski definition) is 5. The van der Waals surface area contributed by atoms with E-state index in [0.29, 0.717) is 11.1 Å². The van der Waals surface area contributed by atoms with E-state index in [1.165, 1.54) is 6.07 Å². The van der Waals surface area contributed by atoms with Gasteiger partial charge in [0, 0.05) is 11.5 Å². The first kappa shape index (κ1) is 12.7. The maximum atomic E-state index is 12.0. The van der Waals surface area contributed by atoms with E-state index in [-0.39, 0.29) is 11.5 Å². The van der Waals surface area contributed by atoms with Gasteiger partial charge in [-0.25, -0.2) is 0 Å². The van der Waals surface area contributed by atoms with E-state index in [4.69, 9.17) is 8.71 Å². The average Bonchev–Trinajstić information content (AvgIpc) is 2.86. The fourth-order valence-electron chi connectivity index (χ4n) is 1.85. The van der Waals surface area contributed by atoms with E-state index in [1.54, 1.807) is 42.6 Å². The molecular formula is C14H11NO4S. The summed E-state index contributed by atoms with van der Waals surface area (Å²) >= 11 is 0. The van der Waals surface area contributed by atoms with E-state index in [2.05, 4.69) is 5.16 Å². The summed E-state index contributed by atoms with van der Waals surface area (Å²) in [6, 6.07) is 13.6.